The summed E-state index contributed by atoms with van der Waals surface area (Å²) < 4.78 is 5.10. The Morgan fingerprint density at radius 3 is 2.47 bits per heavy atom. The quantitative estimate of drug-likeness (QED) is 0.239. The van der Waals surface area contributed by atoms with Crippen molar-refractivity contribution in [2.45, 2.75) is 108 Å². The van der Waals surface area contributed by atoms with E-state index in [0.29, 0.717) is 30.9 Å². The van der Waals surface area contributed by atoms with Gasteiger partial charge >= 0.3 is 18.1 Å². The molecular weight excluding hydrogens is 434 g/mol. The van der Waals surface area contributed by atoms with Crippen LogP contribution in [0.3, 0.4) is 0 Å². The second-order valence-corrected chi connectivity index (χ2v) is 10.8. The van der Waals surface area contributed by atoms with Gasteiger partial charge in [0.05, 0.1) is 12.1 Å². The number of ketones is 1. The lowest BCUT2D eigenvalue weighted by molar-refractivity contribution is -0.139. The Balaban J connectivity index is 1.51. The summed E-state index contributed by atoms with van der Waals surface area (Å²) in [6, 6.07) is -0.619. The monoisotopic (exact) mass is 471 g/mol. The first-order valence-corrected chi connectivity index (χ1v) is 12.5. The van der Waals surface area contributed by atoms with E-state index in [4.69, 9.17) is 4.74 Å². The van der Waals surface area contributed by atoms with E-state index in [1.165, 1.54) is 0 Å². The zero-order chi connectivity index (χ0) is 23.7. The largest absolute Gasteiger partial charge is 0.480 e. The van der Waals surface area contributed by atoms with Crippen LogP contribution in [0.1, 0.15) is 78.6 Å². The fourth-order valence-electron chi connectivity index (χ4n) is 3.99. The highest BCUT2D eigenvalue weighted by Crippen LogP contribution is 2.33. The van der Waals surface area contributed by atoms with E-state index in [0.717, 1.165) is 37.9 Å². The van der Waals surface area contributed by atoms with Crippen LogP contribution in [-0.2, 0) is 14.3 Å². The maximum absolute atomic E-state index is 12.1. The highest BCUT2D eigenvalue weighted by atomic mass is 32.2. The van der Waals surface area contributed by atoms with Crippen molar-refractivity contribution < 1.29 is 29.0 Å². The fourth-order valence-corrected chi connectivity index (χ4v) is 5.53. The Morgan fingerprint density at radius 1 is 1.12 bits per heavy atom. The molecule has 0 radical (unpaired) electrons. The summed E-state index contributed by atoms with van der Waals surface area (Å²) >= 11 is 1.89. The number of carboxylic acids is 1. The summed E-state index contributed by atoms with van der Waals surface area (Å²) in [6.07, 6.45) is 5.53. The van der Waals surface area contributed by atoms with E-state index in [1.54, 1.807) is 20.8 Å². The third-order valence-corrected chi connectivity index (χ3v) is 7.08. The smallest absolute Gasteiger partial charge is 0.408 e. The van der Waals surface area contributed by atoms with Crippen molar-refractivity contribution in [1.29, 1.82) is 0 Å². The average molecular weight is 472 g/mol. The number of thioether (sulfide) groups is 1. The van der Waals surface area contributed by atoms with Crippen molar-refractivity contribution in [3.8, 4) is 0 Å². The van der Waals surface area contributed by atoms with Crippen LogP contribution in [-0.4, -0.2) is 63.7 Å². The topological polar surface area (TPSA) is 134 Å². The molecule has 10 heteroatoms. The molecule has 2 saturated heterocycles. The molecule has 2 aliphatic heterocycles. The van der Waals surface area contributed by atoms with Crippen molar-refractivity contribution in [3.63, 3.8) is 0 Å². The molecular formula is C22H37N3O6S. The number of unbranched alkanes of at least 4 members (excludes halogenated alkanes) is 3. The van der Waals surface area contributed by atoms with Crippen LogP contribution in [0.5, 0.6) is 0 Å². The lowest BCUT2D eigenvalue weighted by Crippen LogP contribution is -2.43. The molecule has 2 aliphatic rings. The van der Waals surface area contributed by atoms with Gasteiger partial charge in [0.15, 0.2) is 0 Å². The average Bonchev–Trinajstić information content (AvgIpc) is 3.21. The Labute approximate surface area is 194 Å². The number of alkyl carbamates (subject to hydrolysis) is 1. The molecule has 2 unspecified atom stereocenters. The molecule has 2 rings (SSSR count). The highest BCUT2D eigenvalue weighted by Gasteiger charge is 2.42. The van der Waals surface area contributed by atoms with Crippen LogP contribution in [0.2, 0.25) is 0 Å². The van der Waals surface area contributed by atoms with Gasteiger partial charge in [-0.15, -0.1) is 0 Å². The zero-order valence-electron chi connectivity index (χ0n) is 19.3. The van der Waals surface area contributed by atoms with Crippen LogP contribution >= 0.6 is 11.8 Å². The van der Waals surface area contributed by atoms with Gasteiger partial charge in [-0.3, -0.25) is 4.79 Å². The van der Waals surface area contributed by atoms with Gasteiger partial charge in [0.2, 0.25) is 0 Å². The van der Waals surface area contributed by atoms with Gasteiger partial charge < -0.3 is 25.8 Å². The number of aliphatic carboxylic acids is 1. The van der Waals surface area contributed by atoms with Gasteiger partial charge in [-0.1, -0.05) is 19.3 Å². The van der Waals surface area contributed by atoms with Gasteiger partial charge in [-0.25, -0.2) is 14.4 Å². The molecule has 0 aromatic rings. The molecule has 0 bridgehead atoms. The number of Topliss-reactive ketones (excluding diaryl/α,β-unsaturated/α-hetero) is 1. The minimum Gasteiger partial charge on any atom is -0.480 e. The molecule has 0 aromatic carbocycles. The summed E-state index contributed by atoms with van der Waals surface area (Å²) in [5.41, 5.74) is -0.685. The van der Waals surface area contributed by atoms with E-state index in [9.17, 15) is 24.3 Å². The van der Waals surface area contributed by atoms with E-state index >= 15 is 0 Å². The van der Waals surface area contributed by atoms with Crippen molar-refractivity contribution in [3.05, 3.63) is 0 Å². The maximum atomic E-state index is 12.1. The molecule has 0 aromatic heterocycles. The van der Waals surface area contributed by atoms with Crippen LogP contribution in [0.25, 0.3) is 0 Å². The number of ether oxygens (including phenoxy) is 1. The number of urea groups is 1. The molecule has 4 N–H and O–H groups in total. The lowest BCUT2D eigenvalue weighted by Gasteiger charge is -2.22. The summed E-state index contributed by atoms with van der Waals surface area (Å²) in [5.74, 6) is 0.0920. The molecule has 182 valence electrons. The van der Waals surface area contributed by atoms with Gasteiger partial charge in [-0.05, 0) is 46.5 Å². The predicted octanol–water partition coefficient (Wildman–Crippen LogP) is 3.21. The second-order valence-electron chi connectivity index (χ2n) is 9.54. The summed E-state index contributed by atoms with van der Waals surface area (Å²) in [7, 11) is 0. The van der Waals surface area contributed by atoms with E-state index in [2.05, 4.69) is 16.0 Å². The van der Waals surface area contributed by atoms with E-state index in [-0.39, 0.29) is 23.9 Å². The molecule has 4 atom stereocenters. The summed E-state index contributed by atoms with van der Waals surface area (Å²) in [5, 5.41) is 18.0. The molecule has 0 aliphatic carbocycles. The Hall–Kier alpha value is -1.97. The first-order chi connectivity index (χ1) is 15.0. The fraction of sp³-hybridized carbons (Fsp3) is 0.818. The molecule has 9 nitrogen and oxygen atoms in total. The number of rotatable bonds is 13. The highest BCUT2D eigenvalue weighted by molar-refractivity contribution is 8.00. The van der Waals surface area contributed by atoms with Gasteiger partial charge in [0, 0.05) is 23.8 Å². The molecule has 32 heavy (non-hydrogen) atoms. The van der Waals surface area contributed by atoms with Crippen LogP contribution in [0.4, 0.5) is 9.59 Å². The number of carbonyl (C=O) groups is 4. The minimum absolute atomic E-state index is 0.0734. The van der Waals surface area contributed by atoms with Crippen LogP contribution in [0.15, 0.2) is 0 Å². The Morgan fingerprint density at radius 2 is 1.81 bits per heavy atom. The number of amides is 3. The lowest BCUT2D eigenvalue weighted by atomic mass is 10.0. The predicted molar refractivity (Wildman–Crippen MR) is 123 cm³/mol. The van der Waals surface area contributed by atoms with Crippen molar-refractivity contribution in [2.24, 2.45) is 0 Å². The first kappa shape index (κ1) is 26.3. The third-order valence-electron chi connectivity index (χ3n) is 5.57. The zero-order valence-corrected chi connectivity index (χ0v) is 20.1. The first-order valence-electron chi connectivity index (χ1n) is 11.5. The Kier molecular flexibility index (Phi) is 10.1. The molecule has 3 amide bonds. The van der Waals surface area contributed by atoms with E-state index in [1.807, 2.05) is 11.8 Å². The van der Waals surface area contributed by atoms with Gasteiger partial charge in [0.25, 0.3) is 0 Å². The number of hydrogen-bond donors (Lipinski definition) is 4. The van der Waals surface area contributed by atoms with Crippen molar-refractivity contribution in [1.82, 2.24) is 16.0 Å². The molecule has 2 heterocycles. The Bertz CT molecular complexity index is 681. The third kappa shape index (κ3) is 9.26. The maximum Gasteiger partial charge on any atom is 0.408 e. The normalized spacial score (nSPS) is 23.1. The van der Waals surface area contributed by atoms with E-state index < -0.39 is 23.7 Å². The standard InChI is InChI=1S/C22H37N3O6S/c1-22(2,3)31-21(30)24-15(19(27)28)11-6-4-5-9-14(26)10-7-8-12-17-18-16(13-32-17)23-20(29)25-18/h15-18H,4-13H2,1-3H3,(H,24,30)(H,27,28)(H2,23,25,29)/t15?,16-,17?,18-/m0/s1. The van der Waals surface area contributed by atoms with Gasteiger partial charge in [0.1, 0.15) is 17.4 Å². The number of carboxylic acid groups (broad SMARTS) is 1. The number of hydrogen-bond acceptors (Lipinski definition) is 6. The number of nitrogens with one attached hydrogen (secondary N) is 3. The molecule has 0 spiro atoms. The van der Waals surface area contributed by atoms with Gasteiger partial charge in [-0.2, -0.15) is 11.8 Å². The van der Waals surface area contributed by atoms with Crippen LogP contribution in [0, 0.1) is 0 Å². The minimum atomic E-state index is -1.09. The second kappa shape index (κ2) is 12.3. The number of fused-ring (bicyclic) bond motifs is 1. The van der Waals surface area contributed by atoms with Crippen molar-refractivity contribution in [2.75, 3.05) is 5.75 Å². The number of carbonyl (C=O) groups excluding carboxylic acids is 3. The summed E-state index contributed by atoms with van der Waals surface area (Å²) in [6.45, 7) is 5.15. The van der Waals surface area contributed by atoms with Crippen LogP contribution < -0.4 is 16.0 Å². The molecule has 2 fully saturated rings. The molecule has 0 saturated carbocycles. The summed E-state index contributed by atoms with van der Waals surface area (Å²) in [4.78, 5) is 46.6. The SMILES string of the molecule is CC(C)(C)OC(=O)NC(CCCCCC(=O)CCCCC1SC[C@@H]2NC(=O)N[C@H]12)C(=O)O. The van der Waals surface area contributed by atoms with Crippen molar-refractivity contribution >= 4 is 35.6 Å².